The molecule has 0 radical (unpaired) electrons. The van der Waals surface area contributed by atoms with E-state index < -0.39 is 5.54 Å². The molecule has 0 spiro atoms. The van der Waals surface area contributed by atoms with Crippen molar-refractivity contribution in [2.24, 2.45) is 0 Å². The molecule has 1 N–H and O–H groups in total. The highest BCUT2D eigenvalue weighted by Gasteiger charge is 2.35. The quantitative estimate of drug-likeness (QED) is 0.460. The van der Waals surface area contributed by atoms with Crippen LogP contribution in [0.1, 0.15) is 40.5 Å². The average Bonchev–Trinajstić information content (AvgIpc) is 2.35. The Morgan fingerprint density at radius 2 is 1.84 bits per heavy atom. The zero-order valence-corrected chi connectivity index (χ0v) is 13.0. The lowest BCUT2D eigenvalue weighted by Gasteiger charge is -2.29. The van der Waals surface area contributed by atoms with E-state index in [0.29, 0.717) is 13.2 Å². The number of esters is 1. The second-order valence-electron chi connectivity index (χ2n) is 5.14. The van der Waals surface area contributed by atoms with Gasteiger partial charge in [-0.25, -0.2) is 4.79 Å². The van der Waals surface area contributed by atoms with Crippen LogP contribution in [0.3, 0.4) is 0 Å². The minimum absolute atomic E-state index is 0.175. The predicted molar refractivity (Wildman–Crippen MR) is 75.2 cm³/mol. The number of ether oxygens (including phenoxy) is 3. The smallest absolute Gasteiger partial charge is 0.328 e. The lowest BCUT2D eigenvalue weighted by molar-refractivity contribution is -0.151. The third-order valence-corrected chi connectivity index (χ3v) is 2.65. The number of hydrogen-bond acceptors (Lipinski definition) is 5. The van der Waals surface area contributed by atoms with Crippen LogP contribution in [0, 0.1) is 0 Å². The van der Waals surface area contributed by atoms with Gasteiger partial charge in [0.25, 0.3) is 0 Å². The van der Waals surface area contributed by atoms with Crippen LogP contribution >= 0.6 is 0 Å². The normalized spacial score (nSPS) is 14.4. The van der Waals surface area contributed by atoms with E-state index >= 15 is 0 Å². The number of nitrogens with one attached hydrogen (secondary N) is 1. The molecule has 0 bridgehead atoms. The van der Waals surface area contributed by atoms with Crippen LogP contribution < -0.4 is 5.32 Å². The molecule has 0 amide bonds. The topological polar surface area (TPSA) is 56.8 Å². The summed E-state index contributed by atoms with van der Waals surface area (Å²) >= 11 is 0. The summed E-state index contributed by atoms with van der Waals surface area (Å²) in [6.07, 6.45) is 2.19. The van der Waals surface area contributed by atoms with Gasteiger partial charge in [0.15, 0.2) is 0 Å². The molecule has 0 aromatic heterocycles. The lowest BCUT2D eigenvalue weighted by atomic mass is 10.0. The van der Waals surface area contributed by atoms with E-state index in [1.54, 1.807) is 6.92 Å². The predicted octanol–water partition coefficient (Wildman–Crippen LogP) is 1.75. The van der Waals surface area contributed by atoms with Crippen molar-refractivity contribution < 1.29 is 19.0 Å². The van der Waals surface area contributed by atoms with Gasteiger partial charge in [-0.1, -0.05) is 13.3 Å². The number of carbonyl (C=O) groups excluding carboxylic acids is 1. The number of unbranched alkanes of at least 4 members (excludes halogenated alkanes) is 1. The van der Waals surface area contributed by atoms with Crippen molar-refractivity contribution in [1.82, 2.24) is 5.32 Å². The molecule has 0 fully saturated rings. The first-order valence-corrected chi connectivity index (χ1v) is 6.98. The summed E-state index contributed by atoms with van der Waals surface area (Å²) in [4.78, 5) is 11.8. The monoisotopic (exact) mass is 275 g/mol. The fourth-order valence-corrected chi connectivity index (χ4v) is 1.76. The van der Waals surface area contributed by atoms with Crippen LogP contribution in [0.15, 0.2) is 0 Å². The van der Waals surface area contributed by atoms with Gasteiger partial charge in [0, 0.05) is 12.6 Å². The highest BCUT2D eigenvalue weighted by Crippen LogP contribution is 2.09. The Hall–Kier alpha value is -0.650. The molecular formula is C14H29NO4. The van der Waals surface area contributed by atoms with Crippen LogP contribution in [-0.4, -0.2) is 51.1 Å². The van der Waals surface area contributed by atoms with E-state index in [2.05, 4.69) is 12.2 Å². The second-order valence-corrected chi connectivity index (χ2v) is 5.14. The van der Waals surface area contributed by atoms with Crippen molar-refractivity contribution in [3.63, 3.8) is 0 Å². The Bertz CT molecular complexity index is 246. The van der Waals surface area contributed by atoms with Crippen LogP contribution in [0.4, 0.5) is 0 Å². The summed E-state index contributed by atoms with van der Waals surface area (Å²) in [5.41, 5.74) is -0.813. The maximum Gasteiger partial charge on any atom is 0.328 e. The fraction of sp³-hybridized carbons (Fsp3) is 0.929. The summed E-state index contributed by atoms with van der Waals surface area (Å²) in [7, 11) is 1.39. The number of hydrogen-bond donors (Lipinski definition) is 1. The van der Waals surface area contributed by atoms with Crippen molar-refractivity contribution in [3.8, 4) is 0 Å². The summed E-state index contributed by atoms with van der Waals surface area (Å²) < 4.78 is 15.7. The standard InChI is InChI=1S/C14H29NO4/c1-6-7-8-18-9-10-19-11-14(4,13(16)17-5)15-12(2)3/h12,15H,6-11H2,1-5H3. The van der Waals surface area contributed by atoms with Crippen LogP contribution in [0.5, 0.6) is 0 Å². The van der Waals surface area contributed by atoms with Crippen molar-refractivity contribution in [1.29, 1.82) is 0 Å². The molecule has 0 aromatic rings. The number of rotatable bonds is 11. The molecule has 5 nitrogen and oxygen atoms in total. The average molecular weight is 275 g/mol. The maximum atomic E-state index is 11.8. The molecule has 114 valence electrons. The molecular weight excluding hydrogens is 246 g/mol. The first-order valence-electron chi connectivity index (χ1n) is 6.98. The van der Waals surface area contributed by atoms with Crippen LogP contribution in [0.25, 0.3) is 0 Å². The molecule has 1 atom stereocenters. The summed E-state index contributed by atoms with van der Waals surface area (Å²) in [6, 6.07) is 0.175. The van der Waals surface area contributed by atoms with Crippen molar-refractivity contribution in [2.75, 3.05) is 33.5 Å². The molecule has 0 aliphatic carbocycles. The van der Waals surface area contributed by atoms with E-state index in [4.69, 9.17) is 14.2 Å². The van der Waals surface area contributed by atoms with Crippen LogP contribution in [-0.2, 0) is 19.0 Å². The Labute approximate surface area is 117 Å². The van der Waals surface area contributed by atoms with Crippen molar-refractivity contribution in [3.05, 3.63) is 0 Å². The summed E-state index contributed by atoms with van der Waals surface area (Å²) in [5.74, 6) is -0.312. The highest BCUT2D eigenvalue weighted by molar-refractivity contribution is 5.80. The van der Waals surface area contributed by atoms with Gasteiger partial charge >= 0.3 is 5.97 Å². The molecule has 0 rings (SSSR count). The Morgan fingerprint density at radius 1 is 1.21 bits per heavy atom. The third kappa shape index (κ3) is 8.18. The molecule has 0 aliphatic rings. The van der Waals surface area contributed by atoms with E-state index in [9.17, 15) is 4.79 Å². The van der Waals surface area contributed by atoms with Gasteiger partial charge in [0.1, 0.15) is 5.54 Å². The van der Waals surface area contributed by atoms with E-state index in [-0.39, 0.29) is 18.6 Å². The molecule has 0 aromatic carbocycles. The second kappa shape index (κ2) is 10.2. The minimum Gasteiger partial charge on any atom is -0.468 e. The molecule has 0 saturated heterocycles. The Morgan fingerprint density at radius 3 is 2.37 bits per heavy atom. The van der Waals surface area contributed by atoms with Gasteiger partial charge in [-0.3, -0.25) is 5.32 Å². The van der Waals surface area contributed by atoms with Gasteiger partial charge in [-0.05, 0) is 27.2 Å². The largest absolute Gasteiger partial charge is 0.468 e. The first-order chi connectivity index (χ1) is 8.96. The zero-order chi connectivity index (χ0) is 14.7. The molecule has 0 heterocycles. The molecule has 0 saturated carbocycles. The van der Waals surface area contributed by atoms with Gasteiger partial charge in [-0.2, -0.15) is 0 Å². The molecule has 5 heteroatoms. The van der Waals surface area contributed by atoms with Gasteiger partial charge < -0.3 is 14.2 Å². The number of carbonyl (C=O) groups is 1. The lowest BCUT2D eigenvalue weighted by Crippen LogP contribution is -2.56. The minimum atomic E-state index is -0.813. The summed E-state index contributed by atoms with van der Waals surface area (Å²) in [6.45, 7) is 9.95. The molecule has 0 aliphatic heterocycles. The van der Waals surface area contributed by atoms with E-state index in [1.165, 1.54) is 7.11 Å². The van der Waals surface area contributed by atoms with Crippen molar-refractivity contribution >= 4 is 5.97 Å². The van der Waals surface area contributed by atoms with Crippen LogP contribution in [0.2, 0.25) is 0 Å². The third-order valence-electron chi connectivity index (χ3n) is 2.65. The highest BCUT2D eigenvalue weighted by atomic mass is 16.5. The fourth-order valence-electron chi connectivity index (χ4n) is 1.76. The Balaban J connectivity index is 3.97. The van der Waals surface area contributed by atoms with Gasteiger partial charge in [0.05, 0.1) is 26.9 Å². The molecule has 1 unspecified atom stereocenters. The number of methoxy groups -OCH3 is 1. The maximum absolute atomic E-state index is 11.8. The van der Waals surface area contributed by atoms with E-state index in [0.717, 1.165) is 19.4 Å². The SMILES string of the molecule is CCCCOCCOCC(C)(NC(C)C)C(=O)OC. The van der Waals surface area contributed by atoms with Gasteiger partial charge in [-0.15, -0.1) is 0 Å². The summed E-state index contributed by atoms with van der Waals surface area (Å²) in [5, 5.41) is 3.18. The first kappa shape index (κ1) is 18.4. The zero-order valence-electron chi connectivity index (χ0n) is 13.0. The van der Waals surface area contributed by atoms with E-state index in [1.807, 2.05) is 13.8 Å². The van der Waals surface area contributed by atoms with Crippen molar-refractivity contribution in [2.45, 2.75) is 52.1 Å². The Kier molecular flexibility index (Phi) is 9.83. The molecule has 19 heavy (non-hydrogen) atoms. The van der Waals surface area contributed by atoms with Gasteiger partial charge in [0.2, 0.25) is 0 Å².